The lowest BCUT2D eigenvalue weighted by Gasteiger charge is -2.29. The molecule has 0 bridgehead atoms. The number of carbonyl (C=O) groups excluding carboxylic acids is 2. The molecule has 1 aromatic carbocycles. The first-order valence-electron chi connectivity index (χ1n) is 9.89. The Labute approximate surface area is 196 Å². The SMILES string of the molecule is COC(=O)CSC(=O)[C@@H](NC(=S)C[C@@H]1CCC(=S)N1Cc1cccc(F)c1F)C(C)C. The Bertz CT molecular complexity index is 851. The van der Waals surface area contributed by atoms with Crippen LogP contribution < -0.4 is 5.32 Å². The number of likely N-dealkylation sites (tertiary alicyclic amines) is 1. The Kier molecular flexibility index (Phi) is 9.77. The van der Waals surface area contributed by atoms with Gasteiger partial charge in [-0.2, -0.15) is 0 Å². The summed E-state index contributed by atoms with van der Waals surface area (Å²) in [5.74, 6) is -2.33. The summed E-state index contributed by atoms with van der Waals surface area (Å²) < 4.78 is 32.3. The van der Waals surface area contributed by atoms with Crippen LogP contribution in [0.5, 0.6) is 0 Å². The highest BCUT2D eigenvalue weighted by molar-refractivity contribution is 8.14. The number of esters is 1. The number of rotatable bonds is 9. The Morgan fingerprint density at radius 3 is 2.71 bits per heavy atom. The second kappa shape index (κ2) is 11.8. The van der Waals surface area contributed by atoms with Gasteiger partial charge >= 0.3 is 5.97 Å². The molecule has 1 heterocycles. The third kappa shape index (κ3) is 7.18. The van der Waals surface area contributed by atoms with Crippen molar-refractivity contribution in [1.29, 1.82) is 0 Å². The highest BCUT2D eigenvalue weighted by atomic mass is 32.2. The van der Waals surface area contributed by atoms with Crippen molar-refractivity contribution in [3.8, 4) is 0 Å². The minimum absolute atomic E-state index is 0.0438. The van der Waals surface area contributed by atoms with Crippen molar-refractivity contribution in [3.05, 3.63) is 35.4 Å². The molecule has 2 rings (SSSR count). The van der Waals surface area contributed by atoms with Gasteiger partial charge in [-0.3, -0.25) is 9.59 Å². The van der Waals surface area contributed by atoms with Crippen LogP contribution in [0.3, 0.4) is 0 Å². The first kappa shape index (κ1) is 25.6. The van der Waals surface area contributed by atoms with E-state index in [1.807, 2.05) is 18.7 Å². The number of hydrogen-bond donors (Lipinski definition) is 1. The van der Waals surface area contributed by atoms with Crippen LogP contribution in [0.15, 0.2) is 18.2 Å². The van der Waals surface area contributed by atoms with Crippen LogP contribution in [0, 0.1) is 17.6 Å². The van der Waals surface area contributed by atoms with E-state index in [9.17, 15) is 18.4 Å². The van der Waals surface area contributed by atoms with Crippen LogP contribution >= 0.6 is 36.2 Å². The predicted octanol–water partition coefficient (Wildman–Crippen LogP) is 4.02. The monoisotopic (exact) mass is 488 g/mol. The summed E-state index contributed by atoms with van der Waals surface area (Å²) >= 11 is 11.8. The summed E-state index contributed by atoms with van der Waals surface area (Å²) in [5.41, 5.74) is 0.238. The molecule has 31 heavy (non-hydrogen) atoms. The molecule has 5 nitrogen and oxygen atoms in total. The van der Waals surface area contributed by atoms with Crippen molar-refractivity contribution >= 4 is 57.3 Å². The number of hydrogen-bond acceptors (Lipinski definition) is 6. The minimum atomic E-state index is -0.890. The average molecular weight is 489 g/mol. The topological polar surface area (TPSA) is 58.6 Å². The van der Waals surface area contributed by atoms with Crippen LogP contribution in [0.25, 0.3) is 0 Å². The Hall–Kier alpha value is -1.65. The molecule has 0 radical (unpaired) electrons. The van der Waals surface area contributed by atoms with Crippen LogP contribution in [-0.2, 0) is 20.9 Å². The van der Waals surface area contributed by atoms with E-state index in [2.05, 4.69) is 10.1 Å². The molecule has 0 spiro atoms. The molecule has 0 unspecified atom stereocenters. The van der Waals surface area contributed by atoms with Gasteiger partial charge in [-0.25, -0.2) is 8.78 Å². The molecule has 1 fully saturated rings. The number of thiocarbonyl (C=S) groups is 2. The van der Waals surface area contributed by atoms with Crippen LogP contribution in [0.4, 0.5) is 8.78 Å². The van der Waals surface area contributed by atoms with E-state index < -0.39 is 23.6 Å². The maximum atomic E-state index is 14.1. The summed E-state index contributed by atoms with van der Waals surface area (Å²) in [6.45, 7) is 3.94. The molecule has 10 heteroatoms. The van der Waals surface area contributed by atoms with E-state index in [-0.39, 0.29) is 34.9 Å². The molecular formula is C21H26F2N2O3S3. The Balaban J connectivity index is 2.01. The fourth-order valence-electron chi connectivity index (χ4n) is 3.30. The van der Waals surface area contributed by atoms with Crippen LogP contribution in [0.2, 0.25) is 0 Å². The molecule has 170 valence electrons. The Morgan fingerprint density at radius 1 is 1.35 bits per heavy atom. The molecular weight excluding hydrogens is 462 g/mol. The van der Waals surface area contributed by atoms with E-state index in [4.69, 9.17) is 24.4 Å². The Morgan fingerprint density at radius 2 is 2.06 bits per heavy atom. The summed E-state index contributed by atoms with van der Waals surface area (Å²) in [4.78, 5) is 26.9. The number of carbonyl (C=O) groups is 2. The zero-order valence-electron chi connectivity index (χ0n) is 17.7. The normalized spacial score (nSPS) is 17.0. The zero-order chi connectivity index (χ0) is 23.1. The molecule has 1 saturated heterocycles. The summed E-state index contributed by atoms with van der Waals surface area (Å²) in [7, 11) is 1.27. The quantitative estimate of drug-likeness (QED) is 0.413. The molecule has 0 amide bonds. The molecule has 1 N–H and O–H groups in total. The van der Waals surface area contributed by atoms with Gasteiger partial charge < -0.3 is 15.0 Å². The van der Waals surface area contributed by atoms with E-state index in [1.54, 1.807) is 6.07 Å². The van der Waals surface area contributed by atoms with E-state index in [1.165, 1.54) is 13.2 Å². The third-order valence-electron chi connectivity index (χ3n) is 5.04. The van der Waals surface area contributed by atoms with Crippen molar-refractivity contribution in [2.45, 2.75) is 51.7 Å². The third-order valence-corrected chi connectivity index (χ3v) is 6.68. The van der Waals surface area contributed by atoms with Crippen molar-refractivity contribution < 1.29 is 23.1 Å². The molecule has 0 aromatic heterocycles. The molecule has 1 aliphatic heterocycles. The number of ether oxygens (including phenoxy) is 1. The number of methoxy groups -OCH3 is 1. The first-order chi connectivity index (χ1) is 14.6. The van der Waals surface area contributed by atoms with Gasteiger partial charge in [0.2, 0.25) is 5.12 Å². The smallest absolute Gasteiger partial charge is 0.316 e. The molecule has 2 atom stereocenters. The van der Waals surface area contributed by atoms with Crippen LogP contribution in [0.1, 0.15) is 38.7 Å². The lowest BCUT2D eigenvalue weighted by Crippen LogP contribution is -2.45. The van der Waals surface area contributed by atoms with Gasteiger partial charge in [-0.05, 0) is 24.8 Å². The van der Waals surface area contributed by atoms with Gasteiger partial charge in [0.1, 0.15) is 0 Å². The maximum absolute atomic E-state index is 14.1. The minimum Gasteiger partial charge on any atom is -0.468 e. The fourth-order valence-corrected chi connectivity index (χ4v) is 4.84. The standard InChI is InChI=1S/C21H26F2N2O3S3/c1-12(2)20(21(27)31-11-18(26)28-3)24-16(29)9-14-7-8-17(30)25(14)10-13-5-4-6-15(22)19(13)23/h4-6,12,14,20H,7-11H2,1-3H3,(H,24,29)/t14-,20-/m0/s1. The lowest BCUT2D eigenvalue weighted by atomic mass is 10.0. The number of benzene rings is 1. The van der Waals surface area contributed by atoms with Crippen molar-refractivity contribution in [2.24, 2.45) is 5.92 Å². The predicted molar refractivity (Wildman–Crippen MR) is 126 cm³/mol. The number of nitrogens with one attached hydrogen (secondary N) is 1. The lowest BCUT2D eigenvalue weighted by molar-refractivity contribution is -0.137. The van der Waals surface area contributed by atoms with Gasteiger partial charge in [-0.15, -0.1) is 0 Å². The van der Waals surface area contributed by atoms with Gasteiger partial charge in [0.15, 0.2) is 11.6 Å². The van der Waals surface area contributed by atoms with Crippen molar-refractivity contribution in [2.75, 3.05) is 12.9 Å². The van der Waals surface area contributed by atoms with Crippen LogP contribution in [-0.4, -0.2) is 50.9 Å². The van der Waals surface area contributed by atoms with Crippen molar-refractivity contribution in [1.82, 2.24) is 10.2 Å². The highest BCUT2D eigenvalue weighted by Gasteiger charge is 2.31. The van der Waals surface area contributed by atoms with E-state index >= 15 is 0 Å². The molecule has 1 aromatic rings. The first-order valence-corrected chi connectivity index (χ1v) is 11.7. The largest absolute Gasteiger partial charge is 0.468 e. The van der Waals surface area contributed by atoms with Gasteiger partial charge in [0, 0.05) is 24.6 Å². The van der Waals surface area contributed by atoms with Gasteiger partial charge in [0.05, 0.1) is 28.9 Å². The summed E-state index contributed by atoms with van der Waals surface area (Å²) in [6.07, 6.45) is 1.85. The summed E-state index contributed by atoms with van der Waals surface area (Å²) in [5, 5.41) is 2.92. The van der Waals surface area contributed by atoms with E-state index in [0.717, 1.165) is 24.2 Å². The van der Waals surface area contributed by atoms with Crippen molar-refractivity contribution in [3.63, 3.8) is 0 Å². The second-order valence-corrected chi connectivity index (χ2v) is 9.55. The zero-order valence-corrected chi connectivity index (χ0v) is 20.1. The number of nitrogens with zero attached hydrogens (tertiary/aromatic N) is 1. The number of thioether (sulfide) groups is 1. The molecule has 1 aliphatic rings. The van der Waals surface area contributed by atoms with Gasteiger partial charge in [-0.1, -0.05) is 62.2 Å². The second-order valence-electron chi connectivity index (χ2n) is 7.60. The van der Waals surface area contributed by atoms with E-state index in [0.29, 0.717) is 22.8 Å². The highest BCUT2D eigenvalue weighted by Crippen LogP contribution is 2.27. The molecule has 0 aliphatic carbocycles. The fraction of sp³-hybridized carbons (Fsp3) is 0.524. The number of halogens is 2. The average Bonchev–Trinajstić information content (AvgIpc) is 3.06. The molecule has 0 saturated carbocycles. The maximum Gasteiger partial charge on any atom is 0.316 e. The summed E-state index contributed by atoms with van der Waals surface area (Å²) in [6, 6.07) is 3.47. The van der Waals surface area contributed by atoms with Gasteiger partial charge in [0.25, 0.3) is 0 Å².